The first-order valence-electron chi connectivity index (χ1n) is 8.47. The van der Waals surface area contributed by atoms with E-state index in [2.05, 4.69) is 16.0 Å². The van der Waals surface area contributed by atoms with Gasteiger partial charge in [0, 0.05) is 32.4 Å². The smallest absolute Gasteiger partial charge is 0.219 e. The lowest BCUT2D eigenvalue weighted by atomic mass is 9.74. The second kappa shape index (κ2) is 6.21. The van der Waals surface area contributed by atoms with Gasteiger partial charge in [0.1, 0.15) is 0 Å². The van der Waals surface area contributed by atoms with Crippen LogP contribution in [0.4, 0.5) is 0 Å². The standard InChI is InChI=1S/C18H27N3O2/c1-15(23)21-13-18(12-17(21,2)14-22)5-8-20(9-6-18)11-16-4-3-7-19-10-16/h3-4,7,10,22H,5-6,8-9,11-14H2,1-2H3/t17-/m1/s1. The summed E-state index contributed by atoms with van der Waals surface area (Å²) in [4.78, 5) is 20.5. The second-order valence-electron chi connectivity index (χ2n) is 7.57. The van der Waals surface area contributed by atoms with Gasteiger partial charge in [0.15, 0.2) is 0 Å². The van der Waals surface area contributed by atoms with E-state index in [9.17, 15) is 9.90 Å². The molecule has 0 aromatic carbocycles. The lowest BCUT2D eigenvalue weighted by molar-refractivity contribution is -0.134. The summed E-state index contributed by atoms with van der Waals surface area (Å²) in [6.45, 7) is 7.51. The third-order valence-electron chi connectivity index (χ3n) is 5.67. The Morgan fingerprint density at radius 3 is 2.65 bits per heavy atom. The Morgan fingerprint density at radius 2 is 2.13 bits per heavy atom. The number of carbonyl (C=O) groups excluding carboxylic acids is 1. The van der Waals surface area contributed by atoms with E-state index in [4.69, 9.17) is 0 Å². The van der Waals surface area contributed by atoms with E-state index < -0.39 is 5.54 Å². The quantitative estimate of drug-likeness (QED) is 0.921. The van der Waals surface area contributed by atoms with Crippen LogP contribution in [0.15, 0.2) is 24.5 Å². The molecule has 2 saturated heterocycles. The van der Waals surface area contributed by atoms with E-state index in [1.165, 1.54) is 5.56 Å². The van der Waals surface area contributed by atoms with Crippen molar-refractivity contribution in [3.8, 4) is 0 Å². The SMILES string of the molecule is CC(=O)N1CC2(CCN(Cc3cccnc3)CC2)C[C@]1(C)CO. The molecule has 3 heterocycles. The van der Waals surface area contributed by atoms with Gasteiger partial charge in [-0.2, -0.15) is 0 Å². The number of likely N-dealkylation sites (tertiary alicyclic amines) is 2. The summed E-state index contributed by atoms with van der Waals surface area (Å²) in [7, 11) is 0. The van der Waals surface area contributed by atoms with Crippen LogP contribution in [0.1, 0.15) is 38.7 Å². The van der Waals surface area contributed by atoms with Gasteiger partial charge >= 0.3 is 0 Å². The van der Waals surface area contributed by atoms with Crippen LogP contribution in [0.5, 0.6) is 0 Å². The molecule has 1 spiro atoms. The molecule has 2 aliphatic heterocycles. The Hall–Kier alpha value is -1.46. The molecule has 0 bridgehead atoms. The Balaban J connectivity index is 1.63. The normalized spacial score (nSPS) is 27.5. The van der Waals surface area contributed by atoms with Crippen molar-refractivity contribution in [3.05, 3.63) is 30.1 Å². The Morgan fingerprint density at radius 1 is 1.39 bits per heavy atom. The molecule has 2 aliphatic rings. The topological polar surface area (TPSA) is 56.7 Å². The Bertz CT molecular complexity index is 555. The molecule has 0 unspecified atom stereocenters. The molecule has 0 saturated carbocycles. The van der Waals surface area contributed by atoms with Gasteiger partial charge in [-0.3, -0.25) is 14.7 Å². The fourth-order valence-corrected chi connectivity index (χ4v) is 4.39. The minimum absolute atomic E-state index is 0.0493. The first-order chi connectivity index (χ1) is 11.0. The van der Waals surface area contributed by atoms with Crippen molar-refractivity contribution in [3.63, 3.8) is 0 Å². The summed E-state index contributed by atoms with van der Waals surface area (Å²) in [5.74, 6) is 0.0798. The van der Waals surface area contributed by atoms with Crippen molar-refractivity contribution in [1.29, 1.82) is 0 Å². The fourth-order valence-electron chi connectivity index (χ4n) is 4.39. The van der Waals surface area contributed by atoms with Crippen LogP contribution >= 0.6 is 0 Å². The molecule has 5 nitrogen and oxygen atoms in total. The van der Waals surface area contributed by atoms with Crippen LogP contribution in [-0.2, 0) is 11.3 Å². The van der Waals surface area contributed by atoms with Crippen LogP contribution in [0.2, 0.25) is 0 Å². The van der Waals surface area contributed by atoms with Crippen LogP contribution < -0.4 is 0 Å². The van der Waals surface area contributed by atoms with Crippen molar-refractivity contribution < 1.29 is 9.90 Å². The minimum Gasteiger partial charge on any atom is -0.394 e. The number of nitrogens with zero attached hydrogens (tertiary/aromatic N) is 3. The molecule has 0 radical (unpaired) electrons. The van der Waals surface area contributed by atoms with E-state index in [1.54, 1.807) is 13.1 Å². The monoisotopic (exact) mass is 317 g/mol. The molecular formula is C18H27N3O2. The lowest BCUT2D eigenvalue weighted by Crippen LogP contribution is -2.46. The van der Waals surface area contributed by atoms with E-state index in [0.717, 1.165) is 45.4 Å². The van der Waals surface area contributed by atoms with Crippen LogP contribution in [0.3, 0.4) is 0 Å². The molecule has 126 valence electrons. The van der Waals surface area contributed by atoms with E-state index in [1.807, 2.05) is 24.1 Å². The van der Waals surface area contributed by atoms with Crippen molar-refractivity contribution in [1.82, 2.24) is 14.8 Å². The molecule has 1 amide bonds. The minimum atomic E-state index is -0.392. The predicted octanol–water partition coefficient (Wildman–Crippen LogP) is 1.67. The van der Waals surface area contributed by atoms with E-state index in [0.29, 0.717) is 0 Å². The highest BCUT2D eigenvalue weighted by Gasteiger charge is 2.52. The van der Waals surface area contributed by atoms with Gasteiger partial charge in [0.2, 0.25) is 5.91 Å². The molecule has 5 heteroatoms. The lowest BCUT2D eigenvalue weighted by Gasteiger charge is -2.39. The van der Waals surface area contributed by atoms with E-state index in [-0.39, 0.29) is 17.9 Å². The number of rotatable bonds is 3. The molecule has 1 aromatic heterocycles. The number of aromatic nitrogens is 1. The van der Waals surface area contributed by atoms with Crippen molar-refractivity contribution in [2.24, 2.45) is 5.41 Å². The first kappa shape index (κ1) is 16.4. The molecule has 0 aliphatic carbocycles. The highest BCUT2D eigenvalue weighted by Crippen LogP contribution is 2.48. The molecule has 1 aromatic rings. The number of carbonyl (C=O) groups is 1. The summed E-state index contributed by atoms with van der Waals surface area (Å²) in [6.07, 6.45) is 6.83. The second-order valence-corrected chi connectivity index (χ2v) is 7.57. The third-order valence-corrected chi connectivity index (χ3v) is 5.67. The first-order valence-corrected chi connectivity index (χ1v) is 8.47. The molecule has 3 rings (SSSR count). The molecular weight excluding hydrogens is 290 g/mol. The number of hydrogen-bond acceptors (Lipinski definition) is 4. The van der Waals surface area contributed by atoms with Crippen LogP contribution in [-0.4, -0.2) is 57.6 Å². The number of aliphatic hydroxyl groups is 1. The Kier molecular flexibility index (Phi) is 4.43. The van der Waals surface area contributed by atoms with Gasteiger partial charge in [-0.25, -0.2) is 0 Å². The average Bonchev–Trinajstić information content (AvgIpc) is 2.85. The zero-order valence-electron chi connectivity index (χ0n) is 14.2. The molecule has 23 heavy (non-hydrogen) atoms. The van der Waals surface area contributed by atoms with Gasteiger partial charge in [0.05, 0.1) is 12.1 Å². The molecule has 2 fully saturated rings. The highest BCUT2D eigenvalue weighted by molar-refractivity contribution is 5.74. The number of pyridine rings is 1. The van der Waals surface area contributed by atoms with Crippen molar-refractivity contribution in [2.75, 3.05) is 26.2 Å². The average molecular weight is 317 g/mol. The summed E-state index contributed by atoms with van der Waals surface area (Å²) >= 11 is 0. The summed E-state index contributed by atoms with van der Waals surface area (Å²) in [5, 5.41) is 9.79. The zero-order valence-corrected chi connectivity index (χ0v) is 14.2. The maximum atomic E-state index is 11.9. The summed E-state index contributed by atoms with van der Waals surface area (Å²) < 4.78 is 0. The fraction of sp³-hybridized carbons (Fsp3) is 0.667. The third kappa shape index (κ3) is 3.26. The summed E-state index contributed by atoms with van der Waals surface area (Å²) in [5.41, 5.74) is 1.03. The maximum absolute atomic E-state index is 11.9. The van der Waals surface area contributed by atoms with Gasteiger partial charge < -0.3 is 10.0 Å². The maximum Gasteiger partial charge on any atom is 0.219 e. The van der Waals surface area contributed by atoms with Gasteiger partial charge in [-0.1, -0.05) is 6.07 Å². The van der Waals surface area contributed by atoms with Crippen LogP contribution in [0, 0.1) is 5.41 Å². The van der Waals surface area contributed by atoms with Crippen molar-refractivity contribution in [2.45, 2.75) is 45.2 Å². The highest BCUT2D eigenvalue weighted by atomic mass is 16.3. The van der Waals surface area contributed by atoms with Crippen LogP contribution in [0.25, 0.3) is 0 Å². The Labute approximate surface area is 138 Å². The molecule has 1 N–H and O–H groups in total. The summed E-state index contributed by atoms with van der Waals surface area (Å²) in [6, 6.07) is 4.10. The number of amides is 1. The number of aliphatic hydroxyl groups excluding tert-OH is 1. The van der Waals surface area contributed by atoms with Gasteiger partial charge in [-0.05, 0) is 56.3 Å². The van der Waals surface area contributed by atoms with Crippen molar-refractivity contribution >= 4 is 5.91 Å². The van der Waals surface area contributed by atoms with Gasteiger partial charge in [0.25, 0.3) is 0 Å². The van der Waals surface area contributed by atoms with E-state index >= 15 is 0 Å². The number of piperidine rings is 1. The largest absolute Gasteiger partial charge is 0.394 e. The predicted molar refractivity (Wildman–Crippen MR) is 88.7 cm³/mol. The van der Waals surface area contributed by atoms with Gasteiger partial charge in [-0.15, -0.1) is 0 Å². The number of hydrogen-bond donors (Lipinski definition) is 1. The zero-order chi connectivity index (χ0) is 16.5. The molecule has 1 atom stereocenters.